The van der Waals surface area contributed by atoms with Gasteiger partial charge in [0, 0.05) is 18.0 Å². The zero-order valence-electron chi connectivity index (χ0n) is 11.6. The number of aryl methyl sites for hydroxylation is 1. The molecule has 0 spiro atoms. The predicted octanol–water partition coefficient (Wildman–Crippen LogP) is 3.27. The van der Waals surface area contributed by atoms with Gasteiger partial charge >= 0.3 is 0 Å². The summed E-state index contributed by atoms with van der Waals surface area (Å²) in [6, 6.07) is 8.60. The number of anilines is 1. The summed E-state index contributed by atoms with van der Waals surface area (Å²) in [5.74, 6) is 2.32. The minimum absolute atomic E-state index is 0.0433. The first-order valence-corrected chi connectivity index (χ1v) is 7.73. The lowest BCUT2D eigenvalue weighted by atomic mass is 9.79. The zero-order valence-corrected chi connectivity index (χ0v) is 12.4. The second kappa shape index (κ2) is 5.14. The average Bonchev–Trinajstić information content (AvgIpc) is 2.31. The SMILES string of the molecule is Cc1ccc(NC2(CN)CSCC(C)(C)C2)cc1. The molecule has 1 fully saturated rings. The number of thioether (sulfide) groups is 1. The molecular weight excluding hydrogens is 240 g/mol. The fraction of sp³-hybridized carbons (Fsp3) is 0.600. The summed E-state index contributed by atoms with van der Waals surface area (Å²) in [5, 5.41) is 3.68. The van der Waals surface area contributed by atoms with Gasteiger partial charge in [0.2, 0.25) is 0 Å². The summed E-state index contributed by atoms with van der Waals surface area (Å²) in [4.78, 5) is 0. The molecule has 0 saturated carbocycles. The summed E-state index contributed by atoms with van der Waals surface area (Å²) in [6.45, 7) is 7.47. The molecule has 2 nitrogen and oxygen atoms in total. The van der Waals surface area contributed by atoms with E-state index in [2.05, 4.69) is 50.4 Å². The van der Waals surface area contributed by atoms with E-state index in [-0.39, 0.29) is 5.54 Å². The Balaban J connectivity index is 2.15. The quantitative estimate of drug-likeness (QED) is 0.880. The van der Waals surface area contributed by atoms with Gasteiger partial charge < -0.3 is 11.1 Å². The Kier molecular flexibility index (Phi) is 3.93. The molecular formula is C15H24N2S. The van der Waals surface area contributed by atoms with Crippen molar-refractivity contribution in [1.29, 1.82) is 0 Å². The van der Waals surface area contributed by atoms with Crippen LogP contribution in [0.1, 0.15) is 25.8 Å². The largest absolute Gasteiger partial charge is 0.377 e. The van der Waals surface area contributed by atoms with Crippen LogP contribution in [-0.4, -0.2) is 23.6 Å². The van der Waals surface area contributed by atoms with Crippen molar-refractivity contribution >= 4 is 17.4 Å². The van der Waals surface area contributed by atoms with Crippen molar-refractivity contribution in [3.8, 4) is 0 Å². The summed E-state index contributed by atoms with van der Waals surface area (Å²) in [5.41, 5.74) is 8.94. The van der Waals surface area contributed by atoms with Crippen LogP contribution in [0.25, 0.3) is 0 Å². The highest BCUT2D eigenvalue weighted by atomic mass is 32.2. The number of hydrogen-bond acceptors (Lipinski definition) is 3. The molecule has 3 heteroatoms. The van der Waals surface area contributed by atoms with Crippen molar-refractivity contribution < 1.29 is 0 Å². The Morgan fingerprint density at radius 1 is 1.22 bits per heavy atom. The number of rotatable bonds is 3. The maximum atomic E-state index is 6.06. The second-order valence-electron chi connectivity index (χ2n) is 6.31. The molecule has 1 heterocycles. The van der Waals surface area contributed by atoms with Crippen molar-refractivity contribution in [3.63, 3.8) is 0 Å². The third-order valence-corrected chi connectivity index (χ3v) is 5.28. The van der Waals surface area contributed by atoms with Gasteiger partial charge in [0.15, 0.2) is 0 Å². The fourth-order valence-electron chi connectivity index (χ4n) is 2.75. The van der Waals surface area contributed by atoms with Crippen molar-refractivity contribution in [1.82, 2.24) is 0 Å². The molecule has 1 aliphatic rings. The van der Waals surface area contributed by atoms with E-state index in [1.165, 1.54) is 17.0 Å². The molecule has 0 amide bonds. The van der Waals surface area contributed by atoms with Gasteiger partial charge in [-0.15, -0.1) is 0 Å². The molecule has 100 valence electrons. The highest BCUT2D eigenvalue weighted by Crippen LogP contribution is 2.40. The molecule has 1 aromatic carbocycles. The normalized spacial score (nSPS) is 26.9. The van der Waals surface area contributed by atoms with E-state index in [1.807, 2.05) is 11.8 Å². The van der Waals surface area contributed by atoms with Crippen molar-refractivity contribution in [3.05, 3.63) is 29.8 Å². The topological polar surface area (TPSA) is 38.0 Å². The summed E-state index contributed by atoms with van der Waals surface area (Å²) in [7, 11) is 0. The molecule has 1 aliphatic heterocycles. The smallest absolute Gasteiger partial charge is 0.0591 e. The van der Waals surface area contributed by atoms with Crippen LogP contribution in [0.3, 0.4) is 0 Å². The molecule has 1 saturated heterocycles. The third kappa shape index (κ3) is 3.21. The lowest BCUT2D eigenvalue weighted by molar-refractivity contribution is 0.290. The molecule has 1 aromatic rings. The summed E-state index contributed by atoms with van der Waals surface area (Å²) >= 11 is 2.01. The van der Waals surface area contributed by atoms with Crippen LogP contribution in [0.15, 0.2) is 24.3 Å². The van der Waals surface area contributed by atoms with Gasteiger partial charge in [0.05, 0.1) is 5.54 Å². The van der Waals surface area contributed by atoms with Crippen LogP contribution in [0.5, 0.6) is 0 Å². The maximum Gasteiger partial charge on any atom is 0.0591 e. The van der Waals surface area contributed by atoms with Gasteiger partial charge in [-0.3, -0.25) is 0 Å². The van der Waals surface area contributed by atoms with E-state index in [1.54, 1.807) is 0 Å². The van der Waals surface area contributed by atoms with Crippen LogP contribution in [-0.2, 0) is 0 Å². The maximum absolute atomic E-state index is 6.06. The number of hydrogen-bond donors (Lipinski definition) is 2. The molecule has 0 aliphatic carbocycles. The molecule has 2 rings (SSSR count). The van der Waals surface area contributed by atoms with Crippen LogP contribution in [0.4, 0.5) is 5.69 Å². The monoisotopic (exact) mass is 264 g/mol. The Bertz CT molecular complexity index is 399. The molecule has 1 atom stereocenters. The first-order chi connectivity index (χ1) is 8.45. The highest BCUT2D eigenvalue weighted by Gasteiger charge is 2.39. The Morgan fingerprint density at radius 2 is 1.89 bits per heavy atom. The van der Waals surface area contributed by atoms with Crippen molar-refractivity contribution in [2.75, 3.05) is 23.4 Å². The zero-order chi connectivity index (χ0) is 13.2. The van der Waals surface area contributed by atoms with Gasteiger partial charge in [0.1, 0.15) is 0 Å². The van der Waals surface area contributed by atoms with Crippen LogP contribution in [0.2, 0.25) is 0 Å². The number of nitrogens with one attached hydrogen (secondary N) is 1. The minimum atomic E-state index is 0.0433. The van der Waals surface area contributed by atoms with E-state index < -0.39 is 0 Å². The Morgan fingerprint density at radius 3 is 2.44 bits per heavy atom. The van der Waals surface area contributed by atoms with Crippen molar-refractivity contribution in [2.24, 2.45) is 11.1 Å². The summed E-state index contributed by atoms with van der Waals surface area (Å²) in [6.07, 6.45) is 1.14. The number of benzene rings is 1. The molecule has 0 radical (unpaired) electrons. The van der Waals surface area contributed by atoms with E-state index in [0.29, 0.717) is 12.0 Å². The van der Waals surface area contributed by atoms with E-state index >= 15 is 0 Å². The molecule has 0 aromatic heterocycles. The van der Waals surface area contributed by atoms with Crippen LogP contribution >= 0.6 is 11.8 Å². The van der Waals surface area contributed by atoms with E-state index in [4.69, 9.17) is 5.73 Å². The van der Waals surface area contributed by atoms with Gasteiger partial charge in [-0.05, 0) is 36.6 Å². The predicted molar refractivity (Wildman–Crippen MR) is 82.3 cm³/mol. The minimum Gasteiger partial charge on any atom is -0.377 e. The molecule has 3 N–H and O–H groups in total. The first-order valence-electron chi connectivity index (χ1n) is 6.57. The van der Waals surface area contributed by atoms with E-state index in [9.17, 15) is 0 Å². The lowest BCUT2D eigenvalue weighted by Crippen LogP contribution is -2.53. The van der Waals surface area contributed by atoms with Gasteiger partial charge in [-0.1, -0.05) is 31.5 Å². The lowest BCUT2D eigenvalue weighted by Gasteiger charge is -2.45. The molecule has 18 heavy (non-hydrogen) atoms. The van der Waals surface area contributed by atoms with Crippen LogP contribution < -0.4 is 11.1 Å². The van der Waals surface area contributed by atoms with Crippen LogP contribution in [0, 0.1) is 12.3 Å². The average molecular weight is 264 g/mol. The summed E-state index contributed by atoms with van der Waals surface area (Å²) < 4.78 is 0. The second-order valence-corrected chi connectivity index (χ2v) is 7.29. The number of nitrogens with two attached hydrogens (primary N) is 1. The standard InChI is InChI=1S/C15H24N2S/c1-12-4-6-13(7-5-12)17-15(9-16)8-14(2,3)10-18-11-15/h4-7,17H,8-11,16H2,1-3H3. The fourth-order valence-corrected chi connectivity index (χ4v) is 4.19. The van der Waals surface area contributed by atoms with Gasteiger partial charge in [-0.2, -0.15) is 11.8 Å². The Hall–Kier alpha value is -0.670. The van der Waals surface area contributed by atoms with Gasteiger partial charge in [-0.25, -0.2) is 0 Å². The van der Waals surface area contributed by atoms with E-state index in [0.717, 1.165) is 12.2 Å². The first kappa shape index (κ1) is 13.8. The Labute approximate surface area is 115 Å². The van der Waals surface area contributed by atoms with Crippen molar-refractivity contribution in [2.45, 2.75) is 32.7 Å². The molecule has 0 bridgehead atoms. The molecule has 1 unspecified atom stereocenters. The van der Waals surface area contributed by atoms with Gasteiger partial charge in [0.25, 0.3) is 0 Å². The highest BCUT2D eigenvalue weighted by molar-refractivity contribution is 7.99. The third-order valence-electron chi connectivity index (χ3n) is 3.54.